The molecule has 2 rings (SSSR count). The highest BCUT2D eigenvalue weighted by Crippen LogP contribution is 2.21. The van der Waals surface area contributed by atoms with Crippen LogP contribution in [0.15, 0.2) is 34.1 Å². The molecule has 106 valence electrons. The first-order valence-corrected chi connectivity index (χ1v) is 8.34. The number of amides is 1. The monoisotopic (exact) mass is 307 g/mol. The molecule has 1 aromatic heterocycles. The van der Waals surface area contributed by atoms with Crippen molar-refractivity contribution in [3.8, 4) is 0 Å². The third kappa shape index (κ3) is 4.31. The standard InChI is InChI=1S/C14H17N3OS2/c1-3-10(2)11-4-6-12(7-5-11)16-13(18)8-19-14-17-15-9-20-14/h4-7,9-10H,3,8H2,1-2H3,(H,16,18). The number of anilines is 1. The average molecular weight is 307 g/mol. The molecule has 4 nitrogen and oxygen atoms in total. The number of benzene rings is 1. The highest BCUT2D eigenvalue weighted by molar-refractivity contribution is 8.01. The molecule has 1 atom stereocenters. The van der Waals surface area contributed by atoms with Crippen molar-refractivity contribution < 1.29 is 4.79 Å². The van der Waals surface area contributed by atoms with E-state index in [2.05, 4.69) is 41.5 Å². The highest BCUT2D eigenvalue weighted by Gasteiger charge is 2.07. The molecule has 1 unspecified atom stereocenters. The minimum absolute atomic E-state index is 0.0264. The topological polar surface area (TPSA) is 54.9 Å². The summed E-state index contributed by atoms with van der Waals surface area (Å²) in [6, 6.07) is 8.05. The molecule has 2 aromatic rings. The van der Waals surface area contributed by atoms with Crippen LogP contribution < -0.4 is 5.32 Å². The molecule has 6 heteroatoms. The van der Waals surface area contributed by atoms with Gasteiger partial charge in [-0.05, 0) is 30.0 Å². The maximum atomic E-state index is 11.8. The average Bonchev–Trinajstić information content (AvgIpc) is 2.98. The van der Waals surface area contributed by atoms with Crippen molar-refractivity contribution in [2.45, 2.75) is 30.5 Å². The molecule has 0 fully saturated rings. The molecule has 0 radical (unpaired) electrons. The van der Waals surface area contributed by atoms with Gasteiger partial charge in [0.05, 0.1) is 5.75 Å². The first-order chi connectivity index (χ1) is 9.69. The number of nitrogens with zero attached hydrogens (tertiary/aromatic N) is 2. The Morgan fingerprint density at radius 1 is 1.40 bits per heavy atom. The molecule has 1 heterocycles. The zero-order valence-corrected chi connectivity index (χ0v) is 13.1. The summed E-state index contributed by atoms with van der Waals surface area (Å²) < 4.78 is 0.812. The summed E-state index contributed by atoms with van der Waals surface area (Å²) in [6.45, 7) is 4.37. The molecule has 0 spiro atoms. The Kier molecular flexibility index (Phi) is 5.55. The summed E-state index contributed by atoms with van der Waals surface area (Å²) in [5, 5.41) is 10.5. The molecule has 20 heavy (non-hydrogen) atoms. The number of carbonyl (C=O) groups excluding carboxylic acids is 1. The summed E-state index contributed by atoms with van der Waals surface area (Å²) in [5.74, 6) is 0.872. The van der Waals surface area contributed by atoms with Crippen molar-refractivity contribution in [2.24, 2.45) is 0 Å². The van der Waals surface area contributed by atoms with Gasteiger partial charge in [0.1, 0.15) is 5.51 Å². The van der Waals surface area contributed by atoms with Crippen molar-refractivity contribution in [1.82, 2.24) is 10.2 Å². The maximum absolute atomic E-state index is 11.8. The molecule has 1 amide bonds. The van der Waals surface area contributed by atoms with E-state index in [0.717, 1.165) is 16.4 Å². The fourth-order valence-electron chi connectivity index (χ4n) is 1.68. The number of nitrogens with one attached hydrogen (secondary N) is 1. The van der Waals surface area contributed by atoms with Crippen LogP contribution in [-0.4, -0.2) is 21.9 Å². The summed E-state index contributed by atoms with van der Waals surface area (Å²) in [4.78, 5) is 11.8. The number of rotatable bonds is 6. The first-order valence-electron chi connectivity index (χ1n) is 6.47. The van der Waals surface area contributed by atoms with Crippen molar-refractivity contribution in [3.63, 3.8) is 0 Å². The molecule has 0 aliphatic rings. The van der Waals surface area contributed by atoms with Crippen molar-refractivity contribution in [2.75, 3.05) is 11.1 Å². The van der Waals surface area contributed by atoms with Gasteiger partial charge in [-0.15, -0.1) is 10.2 Å². The lowest BCUT2D eigenvalue weighted by atomic mass is 9.99. The van der Waals surface area contributed by atoms with Crippen LogP contribution in [0.4, 0.5) is 5.69 Å². The number of aromatic nitrogens is 2. The van der Waals surface area contributed by atoms with E-state index in [0.29, 0.717) is 11.7 Å². The van der Waals surface area contributed by atoms with Gasteiger partial charge in [0.2, 0.25) is 5.91 Å². The van der Waals surface area contributed by atoms with E-state index in [-0.39, 0.29) is 5.91 Å². The van der Waals surface area contributed by atoms with Crippen molar-refractivity contribution >= 4 is 34.7 Å². The maximum Gasteiger partial charge on any atom is 0.234 e. The Labute approximate surface area is 127 Å². The van der Waals surface area contributed by atoms with Crippen LogP contribution in [0.1, 0.15) is 31.7 Å². The van der Waals surface area contributed by atoms with Crippen LogP contribution in [0.2, 0.25) is 0 Å². The minimum atomic E-state index is -0.0264. The number of hydrogen-bond acceptors (Lipinski definition) is 5. The third-order valence-electron chi connectivity index (χ3n) is 3.04. The molecule has 1 aromatic carbocycles. The zero-order valence-electron chi connectivity index (χ0n) is 11.5. The fourth-order valence-corrected chi connectivity index (χ4v) is 2.97. The molecule has 0 saturated heterocycles. The molecular weight excluding hydrogens is 290 g/mol. The van der Waals surface area contributed by atoms with Crippen LogP contribution >= 0.6 is 23.1 Å². The van der Waals surface area contributed by atoms with Gasteiger partial charge in [-0.25, -0.2) is 0 Å². The SMILES string of the molecule is CCC(C)c1ccc(NC(=O)CSc2nncs2)cc1. The van der Waals surface area contributed by atoms with E-state index in [1.54, 1.807) is 5.51 Å². The van der Waals surface area contributed by atoms with E-state index in [9.17, 15) is 4.79 Å². The van der Waals surface area contributed by atoms with Gasteiger partial charge >= 0.3 is 0 Å². The number of carbonyl (C=O) groups is 1. The van der Waals surface area contributed by atoms with E-state index in [1.807, 2.05) is 12.1 Å². The summed E-state index contributed by atoms with van der Waals surface area (Å²) >= 11 is 2.84. The van der Waals surface area contributed by atoms with Crippen molar-refractivity contribution in [1.29, 1.82) is 0 Å². The quantitative estimate of drug-likeness (QED) is 0.825. The van der Waals surface area contributed by atoms with Crippen LogP contribution in [-0.2, 0) is 4.79 Å². The lowest BCUT2D eigenvalue weighted by molar-refractivity contribution is -0.113. The summed E-state index contributed by atoms with van der Waals surface area (Å²) in [5.41, 5.74) is 3.79. The minimum Gasteiger partial charge on any atom is -0.325 e. The van der Waals surface area contributed by atoms with E-state index in [1.165, 1.54) is 28.7 Å². The molecule has 1 N–H and O–H groups in total. The smallest absolute Gasteiger partial charge is 0.234 e. The first kappa shape index (κ1) is 15.0. The van der Waals surface area contributed by atoms with Gasteiger partial charge < -0.3 is 5.32 Å². The second-order valence-corrected chi connectivity index (χ2v) is 6.53. The lowest BCUT2D eigenvalue weighted by Gasteiger charge is -2.10. The van der Waals surface area contributed by atoms with E-state index in [4.69, 9.17) is 0 Å². The predicted molar refractivity (Wildman–Crippen MR) is 84.4 cm³/mol. The van der Waals surface area contributed by atoms with E-state index < -0.39 is 0 Å². The van der Waals surface area contributed by atoms with Crippen LogP contribution in [0.5, 0.6) is 0 Å². The zero-order chi connectivity index (χ0) is 14.4. The molecule has 0 aliphatic heterocycles. The van der Waals surface area contributed by atoms with Gasteiger partial charge in [0.25, 0.3) is 0 Å². The fraction of sp³-hybridized carbons (Fsp3) is 0.357. The Morgan fingerprint density at radius 3 is 2.75 bits per heavy atom. The number of hydrogen-bond donors (Lipinski definition) is 1. The van der Waals surface area contributed by atoms with E-state index >= 15 is 0 Å². The lowest BCUT2D eigenvalue weighted by Crippen LogP contribution is -2.13. The van der Waals surface area contributed by atoms with Crippen molar-refractivity contribution in [3.05, 3.63) is 35.3 Å². The third-order valence-corrected chi connectivity index (χ3v) is 4.90. The summed E-state index contributed by atoms with van der Waals surface area (Å²) in [6.07, 6.45) is 1.12. The van der Waals surface area contributed by atoms with Crippen LogP contribution in [0.3, 0.4) is 0 Å². The largest absolute Gasteiger partial charge is 0.325 e. The highest BCUT2D eigenvalue weighted by atomic mass is 32.2. The summed E-state index contributed by atoms with van der Waals surface area (Å²) in [7, 11) is 0. The molecular formula is C14H17N3OS2. The second-order valence-electron chi connectivity index (χ2n) is 4.47. The Morgan fingerprint density at radius 2 is 2.15 bits per heavy atom. The Bertz CT molecular complexity index is 540. The van der Waals surface area contributed by atoms with Gasteiger partial charge in [-0.2, -0.15) is 0 Å². The molecule has 0 saturated carbocycles. The predicted octanol–water partition coefficient (Wildman–Crippen LogP) is 3.78. The van der Waals surface area contributed by atoms with Gasteiger partial charge in [-0.1, -0.05) is 49.1 Å². The molecule has 0 aliphatic carbocycles. The van der Waals surface area contributed by atoms with Gasteiger partial charge in [0, 0.05) is 5.69 Å². The normalized spacial score (nSPS) is 12.1. The van der Waals surface area contributed by atoms with Crippen LogP contribution in [0, 0.1) is 0 Å². The Balaban J connectivity index is 1.84. The van der Waals surface area contributed by atoms with Gasteiger partial charge in [0.15, 0.2) is 4.34 Å². The molecule has 0 bridgehead atoms. The Hall–Kier alpha value is -1.40. The van der Waals surface area contributed by atoms with Crippen LogP contribution in [0.25, 0.3) is 0 Å². The van der Waals surface area contributed by atoms with Gasteiger partial charge in [-0.3, -0.25) is 4.79 Å². The number of thioether (sulfide) groups is 1. The second kappa shape index (κ2) is 7.40.